The molecule has 1 aromatic heterocycles. The molecule has 1 aromatic carbocycles. The summed E-state index contributed by atoms with van der Waals surface area (Å²) in [6.45, 7) is 0.791. The van der Waals surface area contributed by atoms with E-state index in [2.05, 4.69) is 39.6 Å². The predicted molar refractivity (Wildman–Crippen MR) is 90.2 cm³/mol. The highest BCUT2D eigenvalue weighted by atomic mass is 32.1. The van der Waals surface area contributed by atoms with Gasteiger partial charge in [0.25, 0.3) is 0 Å². The van der Waals surface area contributed by atoms with Gasteiger partial charge in [-0.05, 0) is 55.4 Å². The molecule has 4 N–H and O–H groups in total. The Hall–Kier alpha value is -1.88. The van der Waals surface area contributed by atoms with Crippen molar-refractivity contribution in [1.29, 1.82) is 0 Å². The first kappa shape index (κ1) is 15.5. The lowest BCUT2D eigenvalue weighted by atomic mass is 10.0. The first-order chi connectivity index (χ1) is 10.2. The Morgan fingerprint density at radius 1 is 1.10 bits per heavy atom. The van der Waals surface area contributed by atoms with Gasteiger partial charge in [0.2, 0.25) is 0 Å². The molecule has 0 saturated carbocycles. The van der Waals surface area contributed by atoms with Gasteiger partial charge in [0.15, 0.2) is 5.11 Å². The van der Waals surface area contributed by atoms with Gasteiger partial charge in [0, 0.05) is 18.4 Å². The van der Waals surface area contributed by atoms with Crippen molar-refractivity contribution in [3.63, 3.8) is 0 Å². The molecule has 0 atom stereocenters. The van der Waals surface area contributed by atoms with Crippen LogP contribution in [0.3, 0.4) is 0 Å². The van der Waals surface area contributed by atoms with Crippen LogP contribution in [0, 0.1) is 0 Å². The number of aromatic amines is 1. The number of nitrogens with one attached hydrogen (secondary N) is 2. The van der Waals surface area contributed by atoms with Crippen molar-refractivity contribution in [2.24, 2.45) is 5.73 Å². The molecule has 112 valence electrons. The highest BCUT2D eigenvalue weighted by molar-refractivity contribution is 7.80. The second-order valence-electron chi connectivity index (χ2n) is 5.14. The van der Waals surface area contributed by atoms with E-state index in [1.165, 1.54) is 29.7 Å². The molecule has 5 heteroatoms. The summed E-state index contributed by atoms with van der Waals surface area (Å²) in [6.07, 6.45) is 9.15. The van der Waals surface area contributed by atoms with Gasteiger partial charge < -0.3 is 16.0 Å². The zero-order valence-corrected chi connectivity index (χ0v) is 13.0. The minimum atomic E-state index is 0.365. The number of aromatic nitrogens is 2. The van der Waals surface area contributed by atoms with Crippen LogP contribution in [-0.4, -0.2) is 21.6 Å². The van der Waals surface area contributed by atoms with Crippen molar-refractivity contribution in [1.82, 2.24) is 15.3 Å². The first-order valence-electron chi connectivity index (χ1n) is 7.32. The summed E-state index contributed by atoms with van der Waals surface area (Å²) < 4.78 is 0. The lowest BCUT2D eigenvalue weighted by molar-refractivity contribution is 0.725. The zero-order chi connectivity index (χ0) is 14.9. The fraction of sp³-hybridized carbons (Fsp3) is 0.375. The average molecular weight is 302 g/mol. The van der Waals surface area contributed by atoms with Gasteiger partial charge in [-0.2, -0.15) is 0 Å². The molecule has 0 aliphatic heterocycles. The van der Waals surface area contributed by atoms with Gasteiger partial charge in [-0.1, -0.05) is 24.3 Å². The number of H-pyrrole nitrogens is 1. The fourth-order valence-electron chi connectivity index (χ4n) is 2.27. The van der Waals surface area contributed by atoms with Gasteiger partial charge in [-0.3, -0.25) is 0 Å². The molecule has 2 rings (SSSR count). The number of rotatable bonds is 8. The standard InChI is InChI=1S/C16H22N4S/c17-16(21)19-10-9-14-7-5-13(6-8-14)3-1-2-4-15-11-18-12-20-15/h5-8,11-12H,1-4,9-10H2,(H,18,20)(H3,17,19,21). The third-order valence-corrected chi connectivity index (χ3v) is 3.60. The molecule has 0 fully saturated rings. The Kier molecular flexibility index (Phi) is 6.22. The highest BCUT2D eigenvalue weighted by Crippen LogP contribution is 2.10. The van der Waals surface area contributed by atoms with Crippen molar-refractivity contribution in [3.8, 4) is 0 Å². The van der Waals surface area contributed by atoms with E-state index in [0.29, 0.717) is 5.11 Å². The van der Waals surface area contributed by atoms with Gasteiger partial charge in [0.05, 0.1) is 6.33 Å². The van der Waals surface area contributed by atoms with Crippen LogP contribution in [0.25, 0.3) is 0 Å². The predicted octanol–water partition coefficient (Wildman–Crippen LogP) is 2.35. The highest BCUT2D eigenvalue weighted by Gasteiger charge is 1.98. The molecule has 4 nitrogen and oxygen atoms in total. The van der Waals surface area contributed by atoms with E-state index < -0.39 is 0 Å². The molecule has 0 unspecified atom stereocenters. The van der Waals surface area contributed by atoms with Gasteiger partial charge in [-0.25, -0.2) is 4.98 Å². The van der Waals surface area contributed by atoms with E-state index in [0.717, 1.165) is 25.8 Å². The lowest BCUT2D eigenvalue weighted by Crippen LogP contribution is -2.30. The molecular formula is C16H22N4S. The van der Waals surface area contributed by atoms with Crippen molar-refractivity contribution in [3.05, 3.63) is 53.6 Å². The maximum Gasteiger partial charge on any atom is 0.163 e. The Labute approximate surface area is 131 Å². The van der Waals surface area contributed by atoms with Crippen LogP contribution >= 0.6 is 12.2 Å². The minimum Gasteiger partial charge on any atom is -0.376 e. The number of hydrogen-bond donors (Lipinski definition) is 3. The van der Waals surface area contributed by atoms with Gasteiger partial charge in [-0.15, -0.1) is 0 Å². The van der Waals surface area contributed by atoms with Crippen molar-refractivity contribution in [2.75, 3.05) is 6.54 Å². The number of imidazole rings is 1. The molecule has 0 bridgehead atoms. The van der Waals surface area contributed by atoms with Crippen molar-refractivity contribution in [2.45, 2.75) is 32.1 Å². The Morgan fingerprint density at radius 2 is 1.76 bits per heavy atom. The molecule has 0 saturated heterocycles. The monoisotopic (exact) mass is 302 g/mol. The number of aryl methyl sites for hydroxylation is 2. The molecule has 1 heterocycles. The summed E-state index contributed by atoms with van der Waals surface area (Å²) in [4.78, 5) is 7.16. The molecular weight excluding hydrogens is 280 g/mol. The summed E-state index contributed by atoms with van der Waals surface area (Å²) in [5.74, 6) is 0. The quantitative estimate of drug-likeness (QED) is 0.517. The maximum absolute atomic E-state index is 5.40. The summed E-state index contributed by atoms with van der Waals surface area (Å²) in [5.41, 5.74) is 9.32. The Bertz CT molecular complexity index is 534. The van der Waals surface area contributed by atoms with Crippen LogP contribution in [0.5, 0.6) is 0 Å². The van der Waals surface area contributed by atoms with E-state index >= 15 is 0 Å². The smallest absolute Gasteiger partial charge is 0.163 e. The van der Waals surface area contributed by atoms with Crippen molar-refractivity contribution < 1.29 is 0 Å². The molecule has 2 aromatic rings. The third kappa shape index (κ3) is 5.95. The molecule has 0 radical (unpaired) electrons. The van der Waals surface area contributed by atoms with E-state index in [4.69, 9.17) is 18.0 Å². The molecule has 21 heavy (non-hydrogen) atoms. The van der Waals surface area contributed by atoms with Crippen molar-refractivity contribution >= 4 is 17.3 Å². The Balaban J connectivity index is 1.66. The summed E-state index contributed by atoms with van der Waals surface area (Å²) >= 11 is 4.78. The second kappa shape index (κ2) is 8.42. The number of hydrogen-bond acceptors (Lipinski definition) is 2. The molecule has 0 aliphatic rings. The van der Waals surface area contributed by atoms with Crippen LogP contribution in [-0.2, 0) is 19.3 Å². The molecule has 0 spiro atoms. The number of nitrogens with two attached hydrogens (primary N) is 1. The van der Waals surface area contributed by atoms with Gasteiger partial charge in [0.1, 0.15) is 0 Å². The van der Waals surface area contributed by atoms with Crippen LogP contribution in [0.2, 0.25) is 0 Å². The summed E-state index contributed by atoms with van der Waals surface area (Å²) in [6, 6.07) is 8.80. The molecule has 0 amide bonds. The molecule has 0 aliphatic carbocycles. The number of unbranched alkanes of at least 4 members (excludes halogenated alkanes) is 1. The topological polar surface area (TPSA) is 66.7 Å². The van der Waals surface area contributed by atoms with Crippen LogP contribution < -0.4 is 11.1 Å². The third-order valence-electron chi connectivity index (χ3n) is 3.45. The van der Waals surface area contributed by atoms with Gasteiger partial charge >= 0.3 is 0 Å². The summed E-state index contributed by atoms with van der Waals surface area (Å²) in [7, 11) is 0. The van der Waals surface area contributed by atoms with E-state index in [9.17, 15) is 0 Å². The van der Waals surface area contributed by atoms with E-state index in [-0.39, 0.29) is 0 Å². The lowest BCUT2D eigenvalue weighted by Gasteiger charge is -2.06. The normalized spacial score (nSPS) is 10.5. The Morgan fingerprint density at radius 3 is 2.38 bits per heavy atom. The largest absolute Gasteiger partial charge is 0.376 e. The van der Waals surface area contributed by atoms with Crippen LogP contribution in [0.1, 0.15) is 29.7 Å². The second-order valence-corrected chi connectivity index (χ2v) is 5.58. The number of nitrogens with zero attached hydrogens (tertiary/aromatic N) is 1. The number of benzene rings is 1. The van der Waals surface area contributed by atoms with E-state index in [1.54, 1.807) is 6.33 Å². The fourth-order valence-corrected chi connectivity index (χ4v) is 2.37. The zero-order valence-electron chi connectivity index (χ0n) is 12.1. The van der Waals surface area contributed by atoms with Crippen LogP contribution in [0.15, 0.2) is 36.8 Å². The average Bonchev–Trinajstić information content (AvgIpc) is 2.98. The van der Waals surface area contributed by atoms with E-state index in [1.807, 2.05) is 6.20 Å². The number of thiocarbonyl (C=S) groups is 1. The summed E-state index contributed by atoms with van der Waals surface area (Å²) in [5, 5.41) is 3.33. The van der Waals surface area contributed by atoms with Crippen LogP contribution in [0.4, 0.5) is 0 Å². The SMILES string of the molecule is NC(=S)NCCc1ccc(CCCCc2cnc[nH]2)cc1. The minimum absolute atomic E-state index is 0.365. The maximum atomic E-state index is 5.40. The first-order valence-corrected chi connectivity index (χ1v) is 7.73.